The molecule has 21 heavy (non-hydrogen) atoms. The molecule has 0 spiro atoms. The Morgan fingerprint density at radius 2 is 2.29 bits per heavy atom. The molecule has 0 bridgehead atoms. The highest BCUT2D eigenvalue weighted by Gasteiger charge is 2.32. The Kier molecular flexibility index (Phi) is 4.69. The third-order valence-electron chi connectivity index (χ3n) is 2.56. The number of aryl methyl sites for hydroxylation is 1. The first-order chi connectivity index (χ1) is 9.94. The Morgan fingerprint density at radius 1 is 1.52 bits per heavy atom. The van der Waals surface area contributed by atoms with Gasteiger partial charge in [-0.25, -0.2) is 4.39 Å². The van der Waals surface area contributed by atoms with Crippen molar-refractivity contribution < 1.29 is 19.1 Å². The second-order valence-electron chi connectivity index (χ2n) is 4.41. The summed E-state index contributed by atoms with van der Waals surface area (Å²) in [5.41, 5.74) is 1.31. The quantitative estimate of drug-likeness (QED) is 0.652. The van der Waals surface area contributed by atoms with Crippen molar-refractivity contribution in [3.8, 4) is 0 Å². The van der Waals surface area contributed by atoms with Gasteiger partial charge in [0, 0.05) is 0 Å². The summed E-state index contributed by atoms with van der Waals surface area (Å²) < 4.78 is 13.2. The normalized spacial score (nSPS) is 20.2. The number of rotatable bonds is 4. The van der Waals surface area contributed by atoms with Gasteiger partial charge in [-0.1, -0.05) is 17.8 Å². The maximum Gasteiger partial charge on any atom is 0.305 e. The summed E-state index contributed by atoms with van der Waals surface area (Å²) in [7, 11) is 0. The van der Waals surface area contributed by atoms with E-state index in [1.807, 2.05) is 0 Å². The maximum atomic E-state index is 13.2. The Hall–Kier alpha value is -2.22. The van der Waals surface area contributed by atoms with E-state index in [1.165, 1.54) is 18.3 Å². The molecule has 1 aliphatic heterocycles. The van der Waals surface area contributed by atoms with Crippen LogP contribution < -0.4 is 5.32 Å². The zero-order valence-electron chi connectivity index (χ0n) is 11.0. The molecule has 0 aliphatic carbocycles. The monoisotopic (exact) mass is 309 g/mol. The van der Waals surface area contributed by atoms with Gasteiger partial charge in [0.15, 0.2) is 5.17 Å². The van der Waals surface area contributed by atoms with Crippen molar-refractivity contribution in [3.05, 3.63) is 35.1 Å². The molecule has 1 heterocycles. The first-order valence-electron chi connectivity index (χ1n) is 6.01. The molecule has 1 aromatic rings. The second-order valence-corrected chi connectivity index (χ2v) is 5.60. The third kappa shape index (κ3) is 4.38. The molecule has 6 nitrogen and oxygen atoms in total. The summed E-state index contributed by atoms with van der Waals surface area (Å²) in [4.78, 5) is 22.0. The summed E-state index contributed by atoms with van der Waals surface area (Å²) in [5, 5.41) is 18.2. The average molecular weight is 309 g/mol. The zero-order valence-corrected chi connectivity index (χ0v) is 11.9. The largest absolute Gasteiger partial charge is 0.481 e. The lowest BCUT2D eigenvalue weighted by atomic mass is 10.1. The van der Waals surface area contributed by atoms with E-state index in [9.17, 15) is 14.0 Å². The Labute approximate surface area is 124 Å². The van der Waals surface area contributed by atoms with E-state index in [0.29, 0.717) is 5.56 Å². The summed E-state index contributed by atoms with van der Waals surface area (Å²) >= 11 is 1.01. The molecule has 8 heteroatoms. The van der Waals surface area contributed by atoms with Crippen molar-refractivity contribution >= 4 is 35.0 Å². The number of nitrogens with zero attached hydrogens (tertiary/aromatic N) is 2. The average Bonchev–Trinajstić information content (AvgIpc) is 2.68. The van der Waals surface area contributed by atoms with Crippen LogP contribution in [-0.2, 0) is 9.59 Å². The number of carbonyl (C=O) groups excluding carboxylic acids is 1. The molecule has 110 valence electrons. The van der Waals surface area contributed by atoms with E-state index in [-0.39, 0.29) is 17.4 Å². The fourth-order valence-corrected chi connectivity index (χ4v) is 2.65. The van der Waals surface area contributed by atoms with Crippen LogP contribution in [0.15, 0.2) is 28.4 Å². The zero-order chi connectivity index (χ0) is 15.4. The highest BCUT2D eigenvalue weighted by atomic mass is 32.2. The van der Waals surface area contributed by atoms with E-state index in [1.54, 1.807) is 13.0 Å². The van der Waals surface area contributed by atoms with Crippen LogP contribution in [0, 0.1) is 12.7 Å². The number of halogens is 1. The summed E-state index contributed by atoms with van der Waals surface area (Å²) in [6.07, 6.45) is 1.09. The third-order valence-corrected chi connectivity index (χ3v) is 3.63. The molecular formula is C13H12FN3O3S. The number of nitrogens with one attached hydrogen (secondary N) is 1. The number of amides is 1. The van der Waals surface area contributed by atoms with Gasteiger partial charge < -0.3 is 10.4 Å². The molecule has 2 rings (SSSR count). The fourth-order valence-electron chi connectivity index (χ4n) is 1.73. The van der Waals surface area contributed by atoms with Crippen LogP contribution in [0.25, 0.3) is 0 Å². The summed E-state index contributed by atoms with van der Waals surface area (Å²) in [6, 6.07) is 4.44. The molecular weight excluding hydrogens is 297 g/mol. The number of carboxylic acid groups (broad SMARTS) is 1. The first-order valence-corrected chi connectivity index (χ1v) is 6.89. The molecule has 1 saturated heterocycles. The van der Waals surface area contributed by atoms with Gasteiger partial charge in [-0.15, -0.1) is 5.10 Å². The van der Waals surface area contributed by atoms with Crippen LogP contribution in [0.4, 0.5) is 4.39 Å². The van der Waals surface area contributed by atoms with E-state index in [2.05, 4.69) is 15.5 Å². The first kappa shape index (κ1) is 15.2. The summed E-state index contributed by atoms with van der Waals surface area (Å²) in [5.74, 6) is -1.82. The number of carboxylic acids is 1. The van der Waals surface area contributed by atoms with Gasteiger partial charge >= 0.3 is 5.97 Å². The van der Waals surface area contributed by atoms with Crippen LogP contribution in [0.2, 0.25) is 0 Å². The Bertz CT molecular complexity index is 625. The molecule has 2 N–H and O–H groups in total. The number of hydrogen-bond donors (Lipinski definition) is 2. The number of hydrogen-bond acceptors (Lipinski definition) is 5. The molecule has 1 aromatic carbocycles. The van der Waals surface area contributed by atoms with Crippen molar-refractivity contribution in [1.82, 2.24) is 5.32 Å². The van der Waals surface area contributed by atoms with Crippen LogP contribution in [0.3, 0.4) is 0 Å². The smallest absolute Gasteiger partial charge is 0.305 e. The lowest BCUT2D eigenvalue weighted by Gasteiger charge is -1.98. The van der Waals surface area contributed by atoms with Gasteiger partial charge in [0.1, 0.15) is 11.1 Å². The predicted octanol–water partition coefficient (Wildman–Crippen LogP) is 1.53. The minimum absolute atomic E-state index is 0.232. The number of aliphatic carboxylic acids is 1. The highest BCUT2D eigenvalue weighted by molar-refractivity contribution is 8.15. The van der Waals surface area contributed by atoms with Crippen LogP contribution >= 0.6 is 11.8 Å². The molecule has 1 atom stereocenters. The fraction of sp³-hybridized carbons (Fsp3) is 0.231. The van der Waals surface area contributed by atoms with Gasteiger partial charge in [0.2, 0.25) is 5.91 Å². The molecule has 0 saturated carbocycles. The standard InChI is InChI=1S/C13H12FN3O3S/c1-7-2-8(4-9(14)3-7)6-15-17-13-16-12(20)10(21-13)5-11(18)19/h2-4,6,10H,5H2,1H3,(H,18,19)(H,16,17,20). The van der Waals surface area contributed by atoms with Crippen LogP contribution in [0.1, 0.15) is 17.5 Å². The van der Waals surface area contributed by atoms with Crippen LogP contribution in [-0.4, -0.2) is 33.6 Å². The van der Waals surface area contributed by atoms with Crippen LogP contribution in [0.5, 0.6) is 0 Å². The maximum absolute atomic E-state index is 13.2. The van der Waals surface area contributed by atoms with Gasteiger partial charge in [-0.05, 0) is 30.2 Å². The minimum Gasteiger partial charge on any atom is -0.481 e. The molecule has 1 aliphatic rings. The minimum atomic E-state index is -1.05. The second kappa shape index (κ2) is 6.49. The number of carbonyl (C=O) groups is 2. The lowest BCUT2D eigenvalue weighted by Crippen LogP contribution is -2.26. The number of benzene rings is 1. The molecule has 0 aromatic heterocycles. The van der Waals surface area contributed by atoms with Crippen molar-refractivity contribution in [2.24, 2.45) is 10.2 Å². The van der Waals surface area contributed by atoms with E-state index < -0.39 is 17.1 Å². The van der Waals surface area contributed by atoms with Crippen molar-refractivity contribution in [2.45, 2.75) is 18.6 Å². The Morgan fingerprint density at radius 3 is 2.95 bits per heavy atom. The summed E-state index contributed by atoms with van der Waals surface area (Å²) in [6.45, 7) is 1.76. The molecule has 1 fully saturated rings. The van der Waals surface area contributed by atoms with Gasteiger partial charge in [-0.3, -0.25) is 9.59 Å². The number of thioether (sulfide) groups is 1. The van der Waals surface area contributed by atoms with E-state index >= 15 is 0 Å². The molecule has 1 unspecified atom stereocenters. The predicted molar refractivity (Wildman–Crippen MR) is 77.9 cm³/mol. The van der Waals surface area contributed by atoms with Crippen molar-refractivity contribution in [1.29, 1.82) is 0 Å². The van der Waals surface area contributed by atoms with Crippen molar-refractivity contribution in [3.63, 3.8) is 0 Å². The lowest BCUT2D eigenvalue weighted by molar-refractivity contribution is -0.138. The van der Waals surface area contributed by atoms with Gasteiger partial charge in [0.05, 0.1) is 12.6 Å². The molecule has 0 radical (unpaired) electrons. The van der Waals surface area contributed by atoms with Gasteiger partial charge in [-0.2, -0.15) is 5.10 Å². The SMILES string of the molecule is Cc1cc(F)cc(C=NN=C2NC(=O)C(CC(=O)O)S2)c1. The van der Waals surface area contributed by atoms with Gasteiger partial charge in [0.25, 0.3) is 0 Å². The van der Waals surface area contributed by atoms with E-state index in [4.69, 9.17) is 5.11 Å². The van der Waals surface area contributed by atoms with Crippen molar-refractivity contribution in [2.75, 3.05) is 0 Å². The molecule has 1 amide bonds. The topological polar surface area (TPSA) is 91.1 Å². The Balaban J connectivity index is 2.03. The van der Waals surface area contributed by atoms with E-state index in [0.717, 1.165) is 17.3 Å². The number of amidine groups is 1. The highest BCUT2D eigenvalue weighted by Crippen LogP contribution is 2.22.